The van der Waals surface area contributed by atoms with E-state index in [1.807, 2.05) is 0 Å². The standard InChI is InChI=1S/C10H19N4O2/c1-6(11)9(15)13-7(2)10(16)14-8-4-3-5-12-8/h6-8H,3-5,11H2,1-2H3,(H,13,15)(H,14,16)/t6-,7-,8?/m0/s1. The van der Waals surface area contributed by atoms with Crippen molar-refractivity contribution in [1.29, 1.82) is 0 Å². The third-order valence-electron chi connectivity index (χ3n) is 2.46. The van der Waals surface area contributed by atoms with Crippen LogP contribution >= 0.6 is 0 Å². The molecule has 6 heteroatoms. The average Bonchev–Trinajstić information content (AvgIpc) is 2.69. The van der Waals surface area contributed by atoms with E-state index in [9.17, 15) is 9.59 Å². The molecule has 1 radical (unpaired) electrons. The monoisotopic (exact) mass is 227 g/mol. The predicted octanol–water partition coefficient (Wildman–Crippen LogP) is -1.32. The highest BCUT2D eigenvalue weighted by Crippen LogP contribution is 2.03. The van der Waals surface area contributed by atoms with Crippen LogP contribution in [0.1, 0.15) is 26.7 Å². The van der Waals surface area contributed by atoms with Gasteiger partial charge < -0.3 is 16.4 Å². The van der Waals surface area contributed by atoms with Gasteiger partial charge in [-0.05, 0) is 26.7 Å². The molecule has 6 nitrogen and oxygen atoms in total. The minimum absolute atomic E-state index is 0.0952. The molecule has 0 aliphatic carbocycles. The van der Waals surface area contributed by atoms with E-state index in [2.05, 4.69) is 16.0 Å². The summed E-state index contributed by atoms with van der Waals surface area (Å²) < 4.78 is 0. The van der Waals surface area contributed by atoms with Crippen molar-refractivity contribution >= 4 is 11.8 Å². The van der Waals surface area contributed by atoms with Gasteiger partial charge in [-0.2, -0.15) is 0 Å². The van der Waals surface area contributed by atoms with Crippen LogP contribution < -0.4 is 21.7 Å². The molecule has 4 N–H and O–H groups in total. The Morgan fingerprint density at radius 1 is 1.38 bits per heavy atom. The SMILES string of the molecule is C[C@H](N)C(=O)N[C@@H](C)C(=O)NC1CCC[N]1. The number of nitrogens with zero attached hydrogens (tertiary/aromatic N) is 1. The summed E-state index contributed by atoms with van der Waals surface area (Å²) >= 11 is 0. The van der Waals surface area contributed by atoms with Crippen molar-refractivity contribution in [3.8, 4) is 0 Å². The van der Waals surface area contributed by atoms with Crippen LogP contribution in [-0.4, -0.2) is 36.6 Å². The van der Waals surface area contributed by atoms with Crippen molar-refractivity contribution in [3.05, 3.63) is 0 Å². The van der Waals surface area contributed by atoms with Gasteiger partial charge in [0.15, 0.2) is 0 Å². The van der Waals surface area contributed by atoms with E-state index in [0.29, 0.717) is 0 Å². The van der Waals surface area contributed by atoms with Crippen LogP contribution in [-0.2, 0) is 9.59 Å². The van der Waals surface area contributed by atoms with Gasteiger partial charge in [0.05, 0.1) is 12.2 Å². The first-order valence-corrected chi connectivity index (χ1v) is 5.53. The van der Waals surface area contributed by atoms with E-state index in [1.54, 1.807) is 13.8 Å². The van der Waals surface area contributed by atoms with E-state index in [1.165, 1.54) is 0 Å². The molecule has 0 aromatic carbocycles. The molecule has 1 heterocycles. The average molecular weight is 227 g/mol. The molecule has 1 rings (SSSR count). The highest BCUT2D eigenvalue weighted by Gasteiger charge is 2.22. The fourth-order valence-corrected chi connectivity index (χ4v) is 1.44. The highest BCUT2D eigenvalue weighted by molar-refractivity contribution is 5.89. The summed E-state index contributed by atoms with van der Waals surface area (Å²) in [7, 11) is 0. The predicted molar refractivity (Wildman–Crippen MR) is 59.4 cm³/mol. The number of hydrogen-bond acceptors (Lipinski definition) is 3. The van der Waals surface area contributed by atoms with Gasteiger partial charge in [-0.15, -0.1) is 0 Å². The normalized spacial score (nSPS) is 23.6. The van der Waals surface area contributed by atoms with Crippen LogP contribution in [0.5, 0.6) is 0 Å². The second-order valence-electron chi connectivity index (χ2n) is 4.09. The molecule has 1 fully saturated rings. The Morgan fingerprint density at radius 3 is 2.56 bits per heavy atom. The Bertz CT molecular complexity index is 262. The van der Waals surface area contributed by atoms with Crippen molar-refractivity contribution in [2.75, 3.05) is 6.54 Å². The highest BCUT2D eigenvalue weighted by atomic mass is 16.2. The summed E-state index contributed by atoms with van der Waals surface area (Å²) in [5.41, 5.74) is 5.39. The van der Waals surface area contributed by atoms with Crippen molar-refractivity contribution in [1.82, 2.24) is 16.0 Å². The maximum Gasteiger partial charge on any atom is 0.243 e. The van der Waals surface area contributed by atoms with Crippen LogP contribution in [0, 0.1) is 0 Å². The zero-order chi connectivity index (χ0) is 12.1. The first kappa shape index (κ1) is 12.9. The molecule has 1 aliphatic heterocycles. The molecule has 1 unspecified atom stereocenters. The van der Waals surface area contributed by atoms with Crippen LogP contribution in [0.4, 0.5) is 0 Å². The largest absolute Gasteiger partial charge is 0.343 e. The molecular formula is C10H19N4O2. The number of rotatable bonds is 4. The summed E-state index contributed by atoms with van der Waals surface area (Å²) in [4.78, 5) is 22.9. The van der Waals surface area contributed by atoms with E-state index >= 15 is 0 Å². The Balaban J connectivity index is 2.32. The lowest BCUT2D eigenvalue weighted by Crippen LogP contribution is -2.52. The van der Waals surface area contributed by atoms with E-state index in [0.717, 1.165) is 19.4 Å². The van der Waals surface area contributed by atoms with Gasteiger partial charge in [0.1, 0.15) is 6.04 Å². The van der Waals surface area contributed by atoms with E-state index in [4.69, 9.17) is 5.73 Å². The molecule has 2 amide bonds. The summed E-state index contributed by atoms with van der Waals surface area (Å²) in [5.74, 6) is -0.546. The minimum atomic E-state index is -0.605. The number of hydrogen-bond donors (Lipinski definition) is 3. The van der Waals surface area contributed by atoms with Gasteiger partial charge in [-0.25, -0.2) is 5.32 Å². The lowest BCUT2D eigenvalue weighted by Gasteiger charge is -2.18. The number of nitrogens with one attached hydrogen (secondary N) is 2. The van der Waals surface area contributed by atoms with Crippen LogP contribution in [0.25, 0.3) is 0 Å². The molecule has 16 heavy (non-hydrogen) atoms. The first-order valence-electron chi connectivity index (χ1n) is 5.53. The summed E-state index contributed by atoms with van der Waals surface area (Å²) in [6.07, 6.45) is 1.78. The molecule has 1 saturated heterocycles. The third-order valence-corrected chi connectivity index (χ3v) is 2.46. The maximum absolute atomic E-state index is 11.6. The third kappa shape index (κ3) is 3.79. The van der Waals surface area contributed by atoms with Crippen LogP contribution in [0.2, 0.25) is 0 Å². The number of carbonyl (C=O) groups is 2. The van der Waals surface area contributed by atoms with Gasteiger partial charge in [0.25, 0.3) is 0 Å². The van der Waals surface area contributed by atoms with Gasteiger partial charge in [0.2, 0.25) is 11.8 Å². The van der Waals surface area contributed by atoms with Gasteiger partial charge >= 0.3 is 0 Å². The molecule has 0 aromatic rings. The fourth-order valence-electron chi connectivity index (χ4n) is 1.44. The Labute approximate surface area is 95.3 Å². The second kappa shape index (κ2) is 5.81. The number of amides is 2. The summed E-state index contributed by atoms with van der Waals surface area (Å²) in [6.45, 7) is 4.00. The first-order chi connectivity index (χ1) is 7.50. The van der Waals surface area contributed by atoms with Crippen LogP contribution in [0.15, 0.2) is 0 Å². The van der Waals surface area contributed by atoms with E-state index in [-0.39, 0.29) is 18.0 Å². The summed E-state index contributed by atoms with van der Waals surface area (Å²) in [6, 6.07) is -1.18. The van der Waals surface area contributed by atoms with E-state index < -0.39 is 12.1 Å². The molecule has 0 aromatic heterocycles. The number of carbonyl (C=O) groups excluding carboxylic acids is 2. The lowest BCUT2D eigenvalue weighted by atomic mass is 10.2. The van der Waals surface area contributed by atoms with Crippen LogP contribution in [0.3, 0.4) is 0 Å². The lowest BCUT2D eigenvalue weighted by molar-refractivity contribution is -0.129. The summed E-state index contributed by atoms with van der Waals surface area (Å²) in [5, 5.41) is 9.50. The maximum atomic E-state index is 11.6. The zero-order valence-corrected chi connectivity index (χ0v) is 9.69. The van der Waals surface area contributed by atoms with Gasteiger partial charge in [-0.3, -0.25) is 9.59 Å². The zero-order valence-electron chi connectivity index (χ0n) is 9.69. The van der Waals surface area contributed by atoms with Crippen molar-refractivity contribution in [2.24, 2.45) is 5.73 Å². The molecule has 1 aliphatic rings. The quantitative estimate of drug-likeness (QED) is 0.555. The fraction of sp³-hybridized carbons (Fsp3) is 0.800. The van der Waals surface area contributed by atoms with Crippen molar-refractivity contribution in [3.63, 3.8) is 0 Å². The molecule has 0 saturated carbocycles. The molecule has 0 bridgehead atoms. The molecule has 91 valence electrons. The smallest absolute Gasteiger partial charge is 0.243 e. The molecular weight excluding hydrogens is 208 g/mol. The number of nitrogens with two attached hydrogens (primary N) is 1. The van der Waals surface area contributed by atoms with Crippen molar-refractivity contribution < 1.29 is 9.59 Å². The Morgan fingerprint density at radius 2 is 2.06 bits per heavy atom. The Kier molecular flexibility index (Phi) is 4.70. The minimum Gasteiger partial charge on any atom is -0.343 e. The molecule has 0 spiro atoms. The molecule has 3 atom stereocenters. The van der Waals surface area contributed by atoms with Gasteiger partial charge in [0, 0.05) is 6.54 Å². The second-order valence-corrected chi connectivity index (χ2v) is 4.09. The van der Waals surface area contributed by atoms with Gasteiger partial charge in [-0.1, -0.05) is 0 Å². The Hall–Kier alpha value is -1.14. The topological polar surface area (TPSA) is 98.3 Å². The van der Waals surface area contributed by atoms with Crippen molar-refractivity contribution in [2.45, 2.75) is 44.9 Å².